The highest BCUT2D eigenvalue weighted by Gasteiger charge is 2.13. The van der Waals surface area contributed by atoms with Gasteiger partial charge in [0.2, 0.25) is 5.91 Å². The molecule has 0 saturated carbocycles. The number of ether oxygens (including phenoxy) is 1. The molecule has 1 amide bonds. The third-order valence-corrected chi connectivity index (χ3v) is 4.11. The Labute approximate surface area is 143 Å². The van der Waals surface area contributed by atoms with Crippen LogP contribution in [0.5, 0.6) is 0 Å². The van der Waals surface area contributed by atoms with Gasteiger partial charge in [0.05, 0.1) is 23.3 Å². The van der Waals surface area contributed by atoms with Gasteiger partial charge in [0.15, 0.2) is 5.16 Å². The molecule has 1 N–H and O–H groups in total. The second-order valence-corrected chi connectivity index (χ2v) is 5.89. The van der Waals surface area contributed by atoms with Gasteiger partial charge in [-0.1, -0.05) is 23.9 Å². The molecule has 1 heterocycles. The van der Waals surface area contributed by atoms with Gasteiger partial charge in [0, 0.05) is 20.0 Å². The number of nitrogens with one attached hydrogen (secondary N) is 1. The number of carbonyl (C=O) groups is 2. The number of hydrogen-bond acceptors (Lipinski definition) is 6. The van der Waals surface area contributed by atoms with Crippen LogP contribution >= 0.6 is 11.8 Å². The largest absolute Gasteiger partial charge is 0.465 e. The number of carbonyl (C=O) groups excluding carboxylic acids is 2. The van der Waals surface area contributed by atoms with E-state index in [9.17, 15) is 14.4 Å². The predicted molar refractivity (Wildman–Crippen MR) is 92.0 cm³/mol. The summed E-state index contributed by atoms with van der Waals surface area (Å²) in [5.74, 6) is -0.463. The molecule has 0 atom stereocenters. The molecule has 24 heavy (non-hydrogen) atoms. The van der Waals surface area contributed by atoms with Crippen molar-refractivity contribution < 1.29 is 14.3 Å². The van der Waals surface area contributed by atoms with Crippen LogP contribution in [-0.2, 0) is 20.9 Å². The lowest BCUT2D eigenvalue weighted by Gasteiger charge is -2.13. The Balaban J connectivity index is 2.32. The Morgan fingerprint density at radius 2 is 2.08 bits per heavy atom. The number of amides is 1. The first-order valence-corrected chi connectivity index (χ1v) is 8.54. The van der Waals surface area contributed by atoms with Crippen molar-refractivity contribution in [3.63, 3.8) is 0 Å². The number of fused-ring (bicyclic) bond motifs is 1. The summed E-state index contributed by atoms with van der Waals surface area (Å²) in [6, 6.07) is 7.04. The van der Waals surface area contributed by atoms with E-state index in [4.69, 9.17) is 4.74 Å². The maximum absolute atomic E-state index is 12.7. The van der Waals surface area contributed by atoms with Crippen LogP contribution in [0.1, 0.15) is 13.8 Å². The van der Waals surface area contributed by atoms with Crippen molar-refractivity contribution in [2.24, 2.45) is 0 Å². The Morgan fingerprint density at radius 3 is 2.79 bits per heavy atom. The second kappa shape index (κ2) is 8.49. The highest BCUT2D eigenvalue weighted by molar-refractivity contribution is 7.99. The lowest BCUT2D eigenvalue weighted by atomic mass is 10.2. The van der Waals surface area contributed by atoms with E-state index in [1.54, 1.807) is 31.2 Å². The third kappa shape index (κ3) is 4.58. The van der Waals surface area contributed by atoms with E-state index in [1.165, 1.54) is 11.5 Å². The average molecular weight is 349 g/mol. The number of benzene rings is 1. The van der Waals surface area contributed by atoms with E-state index in [1.807, 2.05) is 0 Å². The van der Waals surface area contributed by atoms with Crippen LogP contribution < -0.4 is 10.9 Å². The Bertz CT molecular complexity index is 803. The van der Waals surface area contributed by atoms with Gasteiger partial charge in [-0.15, -0.1) is 0 Å². The highest BCUT2D eigenvalue weighted by atomic mass is 32.2. The number of esters is 1. The van der Waals surface area contributed by atoms with Crippen LogP contribution in [0.25, 0.3) is 10.9 Å². The predicted octanol–water partition coefficient (Wildman–Crippen LogP) is 1.19. The summed E-state index contributed by atoms with van der Waals surface area (Å²) in [6.45, 7) is 4.04. The molecule has 2 rings (SSSR count). The molecule has 8 heteroatoms. The molecule has 0 unspecified atom stereocenters. The monoisotopic (exact) mass is 349 g/mol. The van der Waals surface area contributed by atoms with E-state index in [-0.39, 0.29) is 29.7 Å². The quantitative estimate of drug-likeness (QED) is 0.459. The number of hydrogen-bond donors (Lipinski definition) is 1. The third-order valence-electron chi connectivity index (χ3n) is 3.16. The summed E-state index contributed by atoms with van der Waals surface area (Å²) in [5, 5.41) is 3.58. The Morgan fingerprint density at radius 1 is 1.33 bits per heavy atom. The van der Waals surface area contributed by atoms with Crippen LogP contribution in [0.3, 0.4) is 0 Å². The molecule has 1 aromatic heterocycles. The van der Waals surface area contributed by atoms with Crippen LogP contribution in [0, 0.1) is 0 Å². The molecule has 0 fully saturated rings. The molecule has 0 aliphatic heterocycles. The zero-order chi connectivity index (χ0) is 17.5. The summed E-state index contributed by atoms with van der Waals surface area (Å²) in [7, 11) is 0. The highest BCUT2D eigenvalue weighted by Crippen LogP contribution is 2.17. The van der Waals surface area contributed by atoms with Crippen LogP contribution in [0.15, 0.2) is 34.2 Å². The fourth-order valence-corrected chi connectivity index (χ4v) is 2.95. The molecule has 1 aromatic carbocycles. The average Bonchev–Trinajstić information content (AvgIpc) is 2.55. The fourth-order valence-electron chi connectivity index (χ4n) is 2.12. The van der Waals surface area contributed by atoms with Crippen LogP contribution in [0.2, 0.25) is 0 Å². The topological polar surface area (TPSA) is 90.3 Å². The number of aromatic nitrogens is 2. The van der Waals surface area contributed by atoms with Gasteiger partial charge >= 0.3 is 5.97 Å². The van der Waals surface area contributed by atoms with Gasteiger partial charge in [-0.05, 0) is 19.1 Å². The smallest absolute Gasteiger partial charge is 0.316 e. The van der Waals surface area contributed by atoms with E-state index >= 15 is 0 Å². The normalized spacial score (nSPS) is 10.6. The summed E-state index contributed by atoms with van der Waals surface area (Å²) >= 11 is 1.15. The molecule has 0 aliphatic rings. The minimum Gasteiger partial charge on any atom is -0.465 e. The number of nitrogens with zero attached hydrogens (tertiary/aromatic N) is 2. The first kappa shape index (κ1) is 18.0. The summed E-state index contributed by atoms with van der Waals surface area (Å²) < 4.78 is 6.38. The van der Waals surface area contributed by atoms with Crippen molar-refractivity contribution >= 4 is 34.5 Å². The van der Waals surface area contributed by atoms with Crippen molar-refractivity contribution in [2.75, 3.05) is 18.9 Å². The van der Waals surface area contributed by atoms with E-state index in [0.717, 1.165) is 11.8 Å². The molecular formula is C16H19N3O4S. The van der Waals surface area contributed by atoms with E-state index in [0.29, 0.717) is 29.2 Å². The maximum Gasteiger partial charge on any atom is 0.316 e. The standard InChI is InChI=1S/C16H19N3O4S/c1-3-23-14(21)10-24-16-18-13-7-5-4-6-12(13)15(22)19(16)9-8-17-11(2)20/h4-7H,3,8-10H2,1-2H3,(H,17,20). The van der Waals surface area contributed by atoms with Crippen molar-refractivity contribution in [2.45, 2.75) is 25.5 Å². The summed E-state index contributed by atoms with van der Waals surface area (Å²) in [5.41, 5.74) is 0.377. The van der Waals surface area contributed by atoms with Crippen molar-refractivity contribution in [3.05, 3.63) is 34.6 Å². The molecule has 2 aromatic rings. The van der Waals surface area contributed by atoms with Gasteiger partial charge in [-0.2, -0.15) is 0 Å². The SMILES string of the molecule is CCOC(=O)CSc1nc2ccccc2c(=O)n1CCNC(C)=O. The lowest BCUT2D eigenvalue weighted by molar-refractivity contribution is -0.139. The zero-order valence-corrected chi connectivity index (χ0v) is 14.4. The Hall–Kier alpha value is -2.35. The molecule has 0 radical (unpaired) electrons. The van der Waals surface area contributed by atoms with Gasteiger partial charge in [0.25, 0.3) is 5.56 Å². The van der Waals surface area contributed by atoms with Crippen molar-refractivity contribution in [1.29, 1.82) is 0 Å². The minimum absolute atomic E-state index is 0.0682. The van der Waals surface area contributed by atoms with Crippen LogP contribution in [0.4, 0.5) is 0 Å². The molecule has 0 bridgehead atoms. The van der Waals surface area contributed by atoms with Gasteiger partial charge in [-0.25, -0.2) is 4.98 Å². The number of para-hydroxylation sites is 1. The second-order valence-electron chi connectivity index (χ2n) is 4.94. The van der Waals surface area contributed by atoms with Crippen molar-refractivity contribution in [1.82, 2.24) is 14.9 Å². The van der Waals surface area contributed by atoms with E-state index < -0.39 is 0 Å². The number of rotatable bonds is 7. The Kier molecular flexibility index (Phi) is 6.36. The van der Waals surface area contributed by atoms with Crippen molar-refractivity contribution in [3.8, 4) is 0 Å². The van der Waals surface area contributed by atoms with Gasteiger partial charge in [-0.3, -0.25) is 19.0 Å². The summed E-state index contributed by atoms with van der Waals surface area (Å²) in [4.78, 5) is 39.7. The maximum atomic E-state index is 12.7. The molecule has 128 valence electrons. The molecular weight excluding hydrogens is 330 g/mol. The fraction of sp³-hybridized carbons (Fsp3) is 0.375. The number of thioether (sulfide) groups is 1. The molecule has 0 aliphatic carbocycles. The zero-order valence-electron chi connectivity index (χ0n) is 13.6. The lowest BCUT2D eigenvalue weighted by Crippen LogP contribution is -2.31. The van der Waals surface area contributed by atoms with Crippen LogP contribution in [-0.4, -0.2) is 40.3 Å². The van der Waals surface area contributed by atoms with E-state index in [2.05, 4.69) is 10.3 Å². The van der Waals surface area contributed by atoms with Gasteiger partial charge < -0.3 is 10.1 Å². The molecule has 0 spiro atoms. The molecule has 7 nitrogen and oxygen atoms in total. The summed E-state index contributed by atoms with van der Waals surface area (Å²) in [6.07, 6.45) is 0. The molecule has 0 saturated heterocycles. The first-order chi connectivity index (χ1) is 11.5. The van der Waals surface area contributed by atoms with Gasteiger partial charge in [0.1, 0.15) is 0 Å². The first-order valence-electron chi connectivity index (χ1n) is 7.55. The minimum atomic E-state index is -0.363.